The summed E-state index contributed by atoms with van der Waals surface area (Å²) in [4.78, 5) is 24.7. The van der Waals surface area contributed by atoms with Crippen molar-refractivity contribution in [2.45, 2.75) is 44.8 Å². The van der Waals surface area contributed by atoms with E-state index in [1.165, 1.54) is 16.3 Å². The maximum atomic E-state index is 13.8. The molecule has 2 amide bonds. The maximum Gasteiger partial charge on any atom is 0.325 e. The molecule has 0 bridgehead atoms. The highest BCUT2D eigenvalue weighted by Crippen LogP contribution is 2.47. The van der Waals surface area contributed by atoms with Crippen molar-refractivity contribution in [1.29, 1.82) is 0 Å². The smallest absolute Gasteiger partial charge is 0.325 e. The highest BCUT2D eigenvalue weighted by molar-refractivity contribution is 5.85. The number of hydrogen-bond donors (Lipinski definition) is 0. The summed E-state index contributed by atoms with van der Waals surface area (Å²) in [5.41, 5.74) is 4.46. The number of fused-ring (bicyclic) bond motifs is 4. The Balaban J connectivity index is 1.28. The zero-order valence-corrected chi connectivity index (χ0v) is 21.9. The van der Waals surface area contributed by atoms with E-state index in [-0.39, 0.29) is 11.6 Å². The van der Waals surface area contributed by atoms with Crippen LogP contribution < -0.4 is 9.47 Å². The van der Waals surface area contributed by atoms with Gasteiger partial charge in [0, 0.05) is 61.3 Å². The van der Waals surface area contributed by atoms with Gasteiger partial charge in [-0.2, -0.15) is 0 Å². The van der Waals surface area contributed by atoms with Crippen molar-refractivity contribution in [3.63, 3.8) is 0 Å². The molecule has 2 fully saturated rings. The van der Waals surface area contributed by atoms with Crippen LogP contribution in [0.25, 0.3) is 10.8 Å². The number of carbonyl (C=O) groups is 1. The van der Waals surface area contributed by atoms with Crippen LogP contribution in [-0.4, -0.2) is 65.1 Å². The van der Waals surface area contributed by atoms with Gasteiger partial charge in [-0.3, -0.25) is 14.8 Å². The summed E-state index contributed by atoms with van der Waals surface area (Å²) >= 11 is 0. The average molecular weight is 499 g/mol. The Kier molecular flexibility index (Phi) is 6.03. The Morgan fingerprint density at radius 1 is 1.08 bits per heavy atom. The van der Waals surface area contributed by atoms with Crippen LogP contribution >= 0.6 is 0 Å². The molecule has 0 atom stereocenters. The molecule has 7 heteroatoms. The number of methoxy groups -OCH3 is 2. The van der Waals surface area contributed by atoms with Gasteiger partial charge in [-0.1, -0.05) is 24.3 Å². The summed E-state index contributed by atoms with van der Waals surface area (Å²) in [5, 5.41) is 2.45. The van der Waals surface area contributed by atoms with Gasteiger partial charge in [0.05, 0.1) is 26.3 Å². The normalized spacial score (nSPS) is 19.0. The molecule has 37 heavy (non-hydrogen) atoms. The van der Waals surface area contributed by atoms with E-state index < -0.39 is 0 Å². The minimum Gasteiger partial charge on any atom is -0.497 e. The molecule has 1 aromatic heterocycles. The minimum atomic E-state index is -0.260. The number of hydrogen-bond acceptors (Lipinski definition) is 5. The van der Waals surface area contributed by atoms with Crippen LogP contribution in [0, 0.1) is 0 Å². The van der Waals surface area contributed by atoms with Crippen LogP contribution in [0.3, 0.4) is 0 Å². The van der Waals surface area contributed by atoms with E-state index in [0.29, 0.717) is 13.1 Å². The van der Waals surface area contributed by atoms with Gasteiger partial charge < -0.3 is 14.4 Å². The molecule has 0 aliphatic carbocycles. The van der Waals surface area contributed by atoms with Gasteiger partial charge in [0.2, 0.25) is 0 Å². The van der Waals surface area contributed by atoms with Gasteiger partial charge in [-0.25, -0.2) is 4.79 Å². The molecule has 3 aliphatic rings. The van der Waals surface area contributed by atoms with Crippen molar-refractivity contribution in [2.24, 2.45) is 0 Å². The van der Waals surface area contributed by atoms with E-state index in [1.54, 1.807) is 14.2 Å². The molecule has 0 radical (unpaired) electrons. The fourth-order valence-corrected chi connectivity index (χ4v) is 6.60. The second-order valence-electron chi connectivity index (χ2n) is 10.2. The molecule has 2 saturated heterocycles. The highest BCUT2D eigenvalue weighted by atomic mass is 16.5. The quantitative estimate of drug-likeness (QED) is 0.496. The second kappa shape index (κ2) is 9.38. The number of likely N-dealkylation sites (tertiary alicyclic amines) is 1. The van der Waals surface area contributed by atoms with Crippen LogP contribution in [-0.2, 0) is 19.5 Å². The summed E-state index contributed by atoms with van der Waals surface area (Å²) < 4.78 is 11.2. The number of rotatable bonds is 5. The summed E-state index contributed by atoms with van der Waals surface area (Å²) in [7, 11) is 3.36. The lowest BCUT2D eigenvalue weighted by Crippen LogP contribution is -2.53. The van der Waals surface area contributed by atoms with Crippen molar-refractivity contribution >= 4 is 16.8 Å². The standard InChI is InChI=1S/C30H34N4O3/c1-4-34-29(35)33-20-23-16-24(36-2)17-27(37-3)26(23)8-9-28(33)30(34)11-14-32(15-12-30)19-22-7-5-6-21-18-31-13-10-25(21)22/h5-7,9-10,13,16-18H,4,8,11-12,14-15,19-20H2,1-3H3. The van der Waals surface area contributed by atoms with Crippen LogP contribution in [0.15, 0.2) is 60.6 Å². The number of piperidine rings is 1. The summed E-state index contributed by atoms with van der Waals surface area (Å²) in [6, 6.07) is 12.7. The summed E-state index contributed by atoms with van der Waals surface area (Å²) in [6.07, 6.45) is 8.69. The number of pyridine rings is 1. The van der Waals surface area contributed by atoms with Crippen molar-refractivity contribution in [1.82, 2.24) is 19.7 Å². The SMILES string of the molecule is CCN1C(=O)N2Cc3cc(OC)cc(OC)c3CC=C2C12CCN(Cc1cccc3cnccc13)CC2. The number of aromatic nitrogens is 1. The molecule has 0 N–H and O–H groups in total. The molecule has 6 rings (SSSR count). The maximum absolute atomic E-state index is 13.8. The molecular formula is C30H34N4O3. The number of ether oxygens (including phenoxy) is 2. The van der Waals surface area contributed by atoms with Gasteiger partial charge in [-0.15, -0.1) is 0 Å². The van der Waals surface area contributed by atoms with E-state index in [1.807, 2.05) is 29.4 Å². The minimum absolute atomic E-state index is 0.110. The molecule has 192 valence electrons. The molecule has 2 aromatic carbocycles. The molecule has 0 saturated carbocycles. The largest absolute Gasteiger partial charge is 0.497 e. The number of allylic oxidation sites excluding steroid dienone is 1. The van der Waals surface area contributed by atoms with Crippen molar-refractivity contribution in [3.05, 3.63) is 77.3 Å². The van der Waals surface area contributed by atoms with E-state index in [9.17, 15) is 4.79 Å². The molecule has 3 aliphatic heterocycles. The van der Waals surface area contributed by atoms with E-state index in [2.05, 4.69) is 52.0 Å². The molecule has 3 aromatic rings. The average Bonchev–Trinajstić information content (AvgIpc) is 3.04. The Morgan fingerprint density at radius 2 is 1.92 bits per heavy atom. The van der Waals surface area contributed by atoms with Crippen molar-refractivity contribution in [2.75, 3.05) is 33.9 Å². The topological polar surface area (TPSA) is 58.1 Å². The molecule has 4 heterocycles. The third-order valence-corrected chi connectivity index (χ3v) is 8.47. The predicted molar refractivity (Wildman–Crippen MR) is 144 cm³/mol. The fourth-order valence-electron chi connectivity index (χ4n) is 6.60. The first kappa shape index (κ1) is 23.8. The van der Waals surface area contributed by atoms with Crippen molar-refractivity contribution in [3.8, 4) is 11.5 Å². The molecule has 7 nitrogen and oxygen atoms in total. The molecular weight excluding hydrogens is 464 g/mol. The lowest BCUT2D eigenvalue weighted by Gasteiger charge is -2.44. The Hall–Kier alpha value is -3.58. The highest BCUT2D eigenvalue weighted by Gasteiger charge is 2.54. The number of benzene rings is 2. The number of urea groups is 1. The predicted octanol–water partition coefficient (Wildman–Crippen LogP) is 4.98. The van der Waals surface area contributed by atoms with Crippen molar-refractivity contribution < 1.29 is 14.3 Å². The van der Waals surface area contributed by atoms with E-state index in [0.717, 1.165) is 67.2 Å². The first-order chi connectivity index (χ1) is 18.1. The van der Waals surface area contributed by atoms with Crippen LogP contribution in [0.2, 0.25) is 0 Å². The Bertz CT molecular complexity index is 1370. The second-order valence-corrected chi connectivity index (χ2v) is 10.2. The van der Waals surface area contributed by atoms with Crippen LogP contribution in [0.1, 0.15) is 36.5 Å². The van der Waals surface area contributed by atoms with Gasteiger partial charge >= 0.3 is 6.03 Å². The Labute approximate surface area is 218 Å². The summed E-state index contributed by atoms with van der Waals surface area (Å²) in [6.45, 7) is 6.14. The zero-order chi connectivity index (χ0) is 25.6. The third-order valence-electron chi connectivity index (χ3n) is 8.47. The third kappa shape index (κ3) is 3.84. The Morgan fingerprint density at radius 3 is 2.68 bits per heavy atom. The fraction of sp³-hybridized carbons (Fsp3) is 0.400. The monoisotopic (exact) mass is 498 g/mol. The first-order valence-corrected chi connectivity index (χ1v) is 13.2. The van der Waals surface area contributed by atoms with Gasteiger partial charge in [0.15, 0.2) is 0 Å². The number of likely N-dealkylation sites (N-methyl/N-ethyl adjacent to an activating group) is 1. The van der Waals surface area contributed by atoms with E-state index in [4.69, 9.17) is 9.47 Å². The molecule has 0 unspecified atom stereocenters. The lowest BCUT2D eigenvalue weighted by atomic mass is 9.83. The first-order valence-electron chi connectivity index (χ1n) is 13.2. The van der Waals surface area contributed by atoms with Crippen LogP contribution in [0.5, 0.6) is 11.5 Å². The lowest BCUT2D eigenvalue weighted by molar-refractivity contribution is 0.0891. The van der Waals surface area contributed by atoms with Crippen LogP contribution in [0.4, 0.5) is 4.79 Å². The number of nitrogens with zero attached hydrogens (tertiary/aromatic N) is 4. The van der Waals surface area contributed by atoms with E-state index >= 15 is 0 Å². The summed E-state index contributed by atoms with van der Waals surface area (Å²) in [5.74, 6) is 1.58. The van der Waals surface area contributed by atoms with Gasteiger partial charge in [0.25, 0.3) is 0 Å². The zero-order valence-electron chi connectivity index (χ0n) is 21.9. The van der Waals surface area contributed by atoms with Gasteiger partial charge in [0.1, 0.15) is 11.5 Å². The number of carbonyl (C=O) groups excluding carboxylic acids is 1. The van der Waals surface area contributed by atoms with Gasteiger partial charge in [-0.05, 0) is 54.8 Å². The number of amides is 2. The molecule has 1 spiro atoms.